The lowest BCUT2D eigenvalue weighted by molar-refractivity contribution is 0.223. The summed E-state index contributed by atoms with van der Waals surface area (Å²) in [4.78, 5) is 0. The molecular weight excluding hydrogens is 200 g/mol. The van der Waals surface area contributed by atoms with Gasteiger partial charge in [0, 0.05) is 5.33 Å². The smallest absolute Gasteiger partial charge is 0.00313 e. The van der Waals surface area contributed by atoms with Crippen LogP contribution in [0.2, 0.25) is 0 Å². The van der Waals surface area contributed by atoms with Crippen LogP contribution in [0.5, 0.6) is 0 Å². The minimum atomic E-state index is 0.530. The van der Waals surface area contributed by atoms with E-state index in [9.17, 15) is 0 Å². The molecule has 0 aliphatic rings. The molecule has 0 aliphatic heterocycles. The van der Waals surface area contributed by atoms with E-state index in [0.29, 0.717) is 5.41 Å². The van der Waals surface area contributed by atoms with Crippen LogP contribution in [0.1, 0.15) is 47.0 Å². The Kier molecular flexibility index (Phi) is 5.41. The first-order valence-electron chi connectivity index (χ1n) is 4.56. The van der Waals surface area contributed by atoms with Gasteiger partial charge in [0.05, 0.1) is 0 Å². The average Bonchev–Trinajstić information content (AvgIpc) is 1.88. The highest BCUT2D eigenvalue weighted by Gasteiger charge is 2.20. The first-order chi connectivity index (χ1) is 5.00. The van der Waals surface area contributed by atoms with Gasteiger partial charge in [-0.2, -0.15) is 0 Å². The minimum Gasteiger partial charge on any atom is -0.0928 e. The lowest BCUT2D eigenvalue weighted by Gasteiger charge is -2.29. The number of hydrogen-bond acceptors (Lipinski definition) is 0. The van der Waals surface area contributed by atoms with Gasteiger partial charge in [-0.1, -0.05) is 50.0 Å². The van der Waals surface area contributed by atoms with Gasteiger partial charge in [0.2, 0.25) is 0 Å². The van der Waals surface area contributed by atoms with Gasteiger partial charge in [-0.15, -0.1) is 0 Å². The molecule has 0 bridgehead atoms. The Morgan fingerprint density at radius 2 is 1.73 bits per heavy atom. The molecule has 0 fully saturated rings. The van der Waals surface area contributed by atoms with Gasteiger partial charge in [-0.3, -0.25) is 0 Å². The molecule has 1 heteroatoms. The molecule has 0 spiro atoms. The molecular formula is C10H21Br. The maximum Gasteiger partial charge on any atom is 0.00313 e. The zero-order valence-electron chi connectivity index (χ0n) is 8.28. The fourth-order valence-electron chi connectivity index (χ4n) is 0.964. The lowest BCUT2D eigenvalue weighted by atomic mass is 9.77. The predicted molar refractivity (Wildman–Crippen MR) is 56.3 cm³/mol. The molecule has 0 nitrogen and oxygen atoms in total. The number of halogens is 1. The maximum absolute atomic E-state index is 3.45. The second-order valence-corrected chi connectivity index (χ2v) is 5.08. The van der Waals surface area contributed by atoms with Gasteiger partial charge < -0.3 is 0 Å². The zero-order valence-corrected chi connectivity index (χ0v) is 9.87. The van der Waals surface area contributed by atoms with E-state index < -0.39 is 0 Å². The van der Waals surface area contributed by atoms with E-state index in [0.717, 1.165) is 11.2 Å². The summed E-state index contributed by atoms with van der Waals surface area (Å²) in [6.45, 7) is 9.36. The Bertz CT molecular complexity index is 95.0. The van der Waals surface area contributed by atoms with Crippen LogP contribution in [0.15, 0.2) is 0 Å². The van der Waals surface area contributed by atoms with Crippen molar-refractivity contribution in [2.24, 2.45) is 11.3 Å². The molecule has 0 N–H and O–H groups in total. The van der Waals surface area contributed by atoms with Crippen LogP contribution in [0.3, 0.4) is 0 Å². The van der Waals surface area contributed by atoms with Crippen molar-refractivity contribution in [1.82, 2.24) is 0 Å². The first kappa shape index (κ1) is 11.5. The molecule has 0 unspecified atom stereocenters. The average molecular weight is 221 g/mol. The van der Waals surface area contributed by atoms with E-state index in [4.69, 9.17) is 0 Å². The van der Waals surface area contributed by atoms with Crippen molar-refractivity contribution in [1.29, 1.82) is 0 Å². The molecule has 11 heavy (non-hydrogen) atoms. The summed E-state index contributed by atoms with van der Waals surface area (Å²) in [5.74, 6) is 0.804. The Labute approximate surface area is 79.9 Å². The molecule has 0 atom stereocenters. The third-order valence-electron chi connectivity index (χ3n) is 2.77. The summed E-state index contributed by atoms with van der Waals surface area (Å²) < 4.78 is 0. The van der Waals surface area contributed by atoms with Gasteiger partial charge in [-0.05, 0) is 24.2 Å². The second-order valence-electron chi connectivity index (χ2n) is 4.29. The van der Waals surface area contributed by atoms with Crippen LogP contribution in [0, 0.1) is 11.3 Å². The summed E-state index contributed by atoms with van der Waals surface area (Å²) in [5.41, 5.74) is 0.530. The molecule has 0 radical (unpaired) electrons. The Hall–Kier alpha value is 0.480. The summed E-state index contributed by atoms with van der Waals surface area (Å²) in [6, 6.07) is 0. The summed E-state index contributed by atoms with van der Waals surface area (Å²) in [7, 11) is 0. The zero-order chi connectivity index (χ0) is 8.91. The molecule has 0 amide bonds. The van der Waals surface area contributed by atoms with Crippen molar-refractivity contribution in [3.05, 3.63) is 0 Å². The molecule has 68 valence electrons. The molecule has 0 saturated heterocycles. The number of rotatable bonds is 5. The van der Waals surface area contributed by atoms with Gasteiger partial charge >= 0.3 is 0 Å². The third-order valence-corrected chi connectivity index (χ3v) is 3.33. The normalized spacial score (nSPS) is 12.5. The van der Waals surface area contributed by atoms with Crippen molar-refractivity contribution >= 4 is 15.9 Å². The van der Waals surface area contributed by atoms with Crippen LogP contribution in [0.25, 0.3) is 0 Å². The van der Waals surface area contributed by atoms with Crippen molar-refractivity contribution < 1.29 is 0 Å². The molecule has 0 heterocycles. The van der Waals surface area contributed by atoms with E-state index >= 15 is 0 Å². The second kappa shape index (κ2) is 5.18. The monoisotopic (exact) mass is 220 g/mol. The molecule has 0 aromatic carbocycles. The molecule has 0 aliphatic carbocycles. The standard InChI is InChI=1S/C10H21Br/c1-9(2)10(3,4)7-5-6-8-11/h9H,5-8H2,1-4H3. The largest absolute Gasteiger partial charge is 0.0928 e. The highest BCUT2D eigenvalue weighted by Crippen LogP contribution is 2.31. The maximum atomic E-state index is 3.45. The van der Waals surface area contributed by atoms with E-state index in [1.807, 2.05) is 0 Å². The van der Waals surface area contributed by atoms with E-state index in [-0.39, 0.29) is 0 Å². The van der Waals surface area contributed by atoms with Crippen molar-refractivity contribution in [2.45, 2.75) is 47.0 Å². The first-order valence-corrected chi connectivity index (χ1v) is 5.69. The highest BCUT2D eigenvalue weighted by atomic mass is 79.9. The fraction of sp³-hybridized carbons (Fsp3) is 1.00. The van der Waals surface area contributed by atoms with E-state index in [2.05, 4.69) is 43.6 Å². The van der Waals surface area contributed by atoms with Crippen LogP contribution in [-0.2, 0) is 0 Å². The number of unbranched alkanes of at least 4 members (excludes halogenated alkanes) is 1. The third kappa shape index (κ3) is 4.84. The Morgan fingerprint density at radius 1 is 1.18 bits per heavy atom. The van der Waals surface area contributed by atoms with E-state index in [1.54, 1.807) is 0 Å². The Morgan fingerprint density at radius 3 is 2.09 bits per heavy atom. The SMILES string of the molecule is CC(C)C(C)(C)CCCCBr. The number of alkyl halides is 1. The van der Waals surface area contributed by atoms with Crippen LogP contribution < -0.4 is 0 Å². The van der Waals surface area contributed by atoms with Gasteiger partial charge in [-0.25, -0.2) is 0 Å². The van der Waals surface area contributed by atoms with Crippen LogP contribution in [0.4, 0.5) is 0 Å². The lowest BCUT2D eigenvalue weighted by Crippen LogP contribution is -2.18. The summed E-state index contributed by atoms with van der Waals surface area (Å²) >= 11 is 3.45. The quantitative estimate of drug-likeness (QED) is 0.481. The van der Waals surface area contributed by atoms with Crippen LogP contribution >= 0.6 is 15.9 Å². The minimum absolute atomic E-state index is 0.530. The van der Waals surface area contributed by atoms with Gasteiger partial charge in [0.1, 0.15) is 0 Å². The summed E-state index contributed by atoms with van der Waals surface area (Å²) in [6.07, 6.45) is 4.03. The molecule has 0 aromatic heterocycles. The summed E-state index contributed by atoms with van der Waals surface area (Å²) in [5, 5.41) is 1.15. The van der Waals surface area contributed by atoms with Gasteiger partial charge in [0.15, 0.2) is 0 Å². The van der Waals surface area contributed by atoms with Crippen molar-refractivity contribution in [2.75, 3.05) is 5.33 Å². The van der Waals surface area contributed by atoms with Crippen molar-refractivity contribution in [3.8, 4) is 0 Å². The molecule has 0 aromatic rings. The number of hydrogen-bond donors (Lipinski definition) is 0. The molecule has 0 saturated carbocycles. The van der Waals surface area contributed by atoms with Gasteiger partial charge in [0.25, 0.3) is 0 Å². The predicted octanol–water partition coefficient (Wildman–Crippen LogP) is 4.23. The fourth-order valence-corrected chi connectivity index (χ4v) is 1.36. The highest BCUT2D eigenvalue weighted by molar-refractivity contribution is 9.09. The van der Waals surface area contributed by atoms with E-state index in [1.165, 1.54) is 19.3 Å². The molecule has 0 rings (SSSR count). The van der Waals surface area contributed by atoms with Crippen molar-refractivity contribution in [3.63, 3.8) is 0 Å². The Balaban J connectivity index is 3.55. The topological polar surface area (TPSA) is 0 Å². The van der Waals surface area contributed by atoms with Crippen LogP contribution in [-0.4, -0.2) is 5.33 Å².